The van der Waals surface area contributed by atoms with Gasteiger partial charge in [0.1, 0.15) is 0 Å². The fourth-order valence-electron chi connectivity index (χ4n) is 4.33. The van der Waals surface area contributed by atoms with Crippen molar-refractivity contribution in [3.05, 3.63) is 0 Å². The summed E-state index contributed by atoms with van der Waals surface area (Å²) in [7, 11) is 0. The van der Waals surface area contributed by atoms with Crippen molar-refractivity contribution in [1.82, 2.24) is 10.2 Å². The number of carbonyl (C=O) groups is 1. The molecule has 3 fully saturated rings. The van der Waals surface area contributed by atoms with Crippen LogP contribution in [-0.4, -0.2) is 49.7 Å². The van der Waals surface area contributed by atoms with Gasteiger partial charge in [-0.2, -0.15) is 0 Å². The van der Waals surface area contributed by atoms with Crippen molar-refractivity contribution in [2.24, 2.45) is 17.8 Å². The summed E-state index contributed by atoms with van der Waals surface area (Å²) in [5.41, 5.74) is 0. The van der Waals surface area contributed by atoms with E-state index >= 15 is 0 Å². The van der Waals surface area contributed by atoms with Gasteiger partial charge in [0, 0.05) is 26.1 Å². The largest absolute Gasteiger partial charge is 0.378 e. The van der Waals surface area contributed by atoms with Gasteiger partial charge in [-0.15, -0.1) is 0 Å². The lowest BCUT2D eigenvalue weighted by atomic mass is 9.91. The fraction of sp³-hybridized carbons (Fsp3) is 0.944. The van der Waals surface area contributed by atoms with Crippen LogP contribution in [0.3, 0.4) is 0 Å². The average molecular weight is 308 g/mol. The molecule has 2 heterocycles. The number of nitrogens with one attached hydrogen (secondary N) is 1. The molecular weight excluding hydrogens is 276 g/mol. The minimum absolute atomic E-state index is 0.293. The standard InChI is InChI=1S/C18H32N2O2/c1-2-18(21)20-10-5-16(6-11-20)22-12-7-15-13-17(15)14-3-8-19-9-4-14/h14-17,19H,2-13H2,1H3. The molecule has 1 N–H and O–H groups in total. The van der Waals surface area contributed by atoms with E-state index in [1.807, 2.05) is 11.8 Å². The Morgan fingerprint density at radius 1 is 1.18 bits per heavy atom. The van der Waals surface area contributed by atoms with Gasteiger partial charge in [-0.05, 0) is 69.4 Å². The van der Waals surface area contributed by atoms with Crippen molar-refractivity contribution in [2.75, 3.05) is 32.8 Å². The topological polar surface area (TPSA) is 41.6 Å². The Morgan fingerprint density at radius 2 is 1.91 bits per heavy atom. The average Bonchev–Trinajstić information content (AvgIpc) is 3.35. The molecule has 4 nitrogen and oxygen atoms in total. The maximum Gasteiger partial charge on any atom is 0.222 e. The summed E-state index contributed by atoms with van der Waals surface area (Å²) < 4.78 is 6.08. The molecule has 3 rings (SSSR count). The van der Waals surface area contributed by atoms with Crippen molar-refractivity contribution >= 4 is 5.91 Å². The van der Waals surface area contributed by atoms with Crippen molar-refractivity contribution < 1.29 is 9.53 Å². The third-order valence-corrected chi connectivity index (χ3v) is 5.91. The van der Waals surface area contributed by atoms with E-state index < -0.39 is 0 Å². The molecule has 0 aromatic rings. The van der Waals surface area contributed by atoms with Crippen LogP contribution in [0.15, 0.2) is 0 Å². The zero-order valence-electron chi connectivity index (χ0n) is 14.1. The van der Waals surface area contributed by atoms with Crippen LogP contribution in [0.5, 0.6) is 0 Å². The number of piperidine rings is 2. The molecule has 22 heavy (non-hydrogen) atoms. The highest BCUT2D eigenvalue weighted by Gasteiger charge is 2.42. The highest BCUT2D eigenvalue weighted by atomic mass is 16.5. The fourth-order valence-corrected chi connectivity index (χ4v) is 4.33. The van der Waals surface area contributed by atoms with Gasteiger partial charge in [0.05, 0.1) is 6.10 Å². The summed E-state index contributed by atoms with van der Waals surface area (Å²) in [6.07, 6.45) is 8.52. The lowest BCUT2D eigenvalue weighted by molar-refractivity contribution is -0.133. The number of amides is 1. The van der Waals surface area contributed by atoms with Gasteiger partial charge in [0.25, 0.3) is 0 Å². The van der Waals surface area contributed by atoms with Crippen molar-refractivity contribution in [2.45, 2.75) is 58.0 Å². The first-order valence-electron chi connectivity index (χ1n) is 9.38. The molecule has 3 aliphatic rings. The van der Waals surface area contributed by atoms with Gasteiger partial charge in [-0.3, -0.25) is 4.79 Å². The molecule has 4 heteroatoms. The Kier molecular flexibility index (Phi) is 5.75. The Bertz CT molecular complexity index is 360. The maximum absolute atomic E-state index is 11.7. The third kappa shape index (κ3) is 4.23. The van der Waals surface area contributed by atoms with E-state index in [9.17, 15) is 4.79 Å². The highest BCUT2D eigenvalue weighted by molar-refractivity contribution is 5.75. The van der Waals surface area contributed by atoms with Gasteiger partial charge in [-0.25, -0.2) is 0 Å². The number of ether oxygens (including phenoxy) is 1. The number of rotatable bonds is 6. The number of nitrogens with zero attached hydrogens (tertiary/aromatic N) is 1. The van der Waals surface area contributed by atoms with Crippen LogP contribution in [0.4, 0.5) is 0 Å². The molecule has 0 spiro atoms. The molecule has 2 atom stereocenters. The van der Waals surface area contributed by atoms with Gasteiger partial charge in [0.15, 0.2) is 0 Å². The van der Waals surface area contributed by atoms with Crippen LogP contribution >= 0.6 is 0 Å². The van der Waals surface area contributed by atoms with E-state index in [0.717, 1.165) is 50.3 Å². The molecule has 1 saturated carbocycles. The van der Waals surface area contributed by atoms with E-state index in [0.29, 0.717) is 18.4 Å². The zero-order valence-corrected chi connectivity index (χ0v) is 14.1. The first kappa shape index (κ1) is 16.3. The Balaban J connectivity index is 1.26. The third-order valence-electron chi connectivity index (χ3n) is 5.91. The van der Waals surface area contributed by atoms with Crippen LogP contribution in [-0.2, 0) is 9.53 Å². The van der Waals surface area contributed by atoms with Gasteiger partial charge < -0.3 is 15.0 Å². The Morgan fingerprint density at radius 3 is 2.59 bits per heavy atom. The van der Waals surface area contributed by atoms with Crippen molar-refractivity contribution in [3.63, 3.8) is 0 Å². The van der Waals surface area contributed by atoms with E-state index in [1.165, 1.54) is 38.8 Å². The quantitative estimate of drug-likeness (QED) is 0.819. The van der Waals surface area contributed by atoms with Crippen LogP contribution in [0.25, 0.3) is 0 Å². The van der Waals surface area contributed by atoms with E-state index in [2.05, 4.69) is 5.32 Å². The Hall–Kier alpha value is -0.610. The summed E-state index contributed by atoms with van der Waals surface area (Å²) in [5.74, 6) is 3.20. The van der Waals surface area contributed by atoms with Crippen molar-refractivity contribution in [1.29, 1.82) is 0 Å². The summed E-state index contributed by atoms with van der Waals surface area (Å²) in [5, 5.41) is 3.46. The predicted octanol–water partition coefficient (Wildman–Crippen LogP) is 2.43. The molecule has 1 amide bonds. The molecule has 0 bridgehead atoms. The smallest absolute Gasteiger partial charge is 0.222 e. The van der Waals surface area contributed by atoms with Crippen LogP contribution in [0.2, 0.25) is 0 Å². The second kappa shape index (κ2) is 7.78. The SMILES string of the molecule is CCC(=O)N1CCC(OCCC2CC2C2CCNCC2)CC1. The predicted molar refractivity (Wildman–Crippen MR) is 87.7 cm³/mol. The second-order valence-corrected chi connectivity index (χ2v) is 7.34. The molecular formula is C18H32N2O2. The normalized spacial score (nSPS) is 30.5. The minimum Gasteiger partial charge on any atom is -0.378 e. The molecule has 2 saturated heterocycles. The van der Waals surface area contributed by atoms with E-state index in [1.54, 1.807) is 0 Å². The number of hydrogen-bond acceptors (Lipinski definition) is 3. The number of hydrogen-bond donors (Lipinski definition) is 1. The highest BCUT2D eigenvalue weighted by Crippen LogP contribution is 2.49. The summed E-state index contributed by atoms with van der Waals surface area (Å²) in [6, 6.07) is 0. The first-order valence-corrected chi connectivity index (χ1v) is 9.38. The van der Waals surface area contributed by atoms with Gasteiger partial charge >= 0.3 is 0 Å². The lowest BCUT2D eigenvalue weighted by Gasteiger charge is -2.31. The minimum atomic E-state index is 0.293. The molecule has 0 aromatic heterocycles. The summed E-state index contributed by atoms with van der Waals surface area (Å²) >= 11 is 0. The lowest BCUT2D eigenvalue weighted by Crippen LogP contribution is -2.40. The maximum atomic E-state index is 11.7. The number of likely N-dealkylation sites (tertiary alicyclic amines) is 1. The summed E-state index contributed by atoms with van der Waals surface area (Å²) in [4.78, 5) is 13.6. The number of carbonyl (C=O) groups excluding carboxylic acids is 1. The van der Waals surface area contributed by atoms with Crippen molar-refractivity contribution in [3.8, 4) is 0 Å². The molecule has 1 aliphatic carbocycles. The first-order chi connectivity index (χ1) is 10.8. The zero-order chi connectivity index (χ0) is 15.4. The van der Waals surface area contributed by atoms with E-state index in [-0.39, 0.29) is 0 Å². The Labute approximate surface area is 135 Å². The second-order valence-electron chi connectivity index (χ2n) is 7.34. The van der Waals surface area contributed by atoms with Gasteiger partial charge in [0.2, 0.25) is 5.91 Å². The van der Waals surface area contributed by atoms with Crippen LogP contribution < -0.4 is 5.32 Å². The van der Waals surface area contributed by atoms with Gasteiger partial charge in [-0.1, -0.05) is 6.92 Å². The molecule has 126 valence electrons. The molecule has 2 unspecified atom stereocenters. The van der Waals surface area contributed by atoms with Crippen LogP contribution in [0, 0.1) is 17.8 Å². The monoisotopic (exact) mass is 308 g/mol. The summed E-state index contributed by atoms with van der Waals surface area (Å²) in [6.45, 7) is 7.09. The molecule has 2 aliphatic heterocycles. The molecule has 0 aromatic carbocycles. The van der Waals surface area contributed by atoms with E-state index in [4.69, 9.17) is 4.74 Å². The van der Waals surface area contributed by atoms with Crippen LogP contribution in [0.1, 0.15) is 51.9 Å². The molecule has 0 radical (unpaired) electrons.